The van der Waals surface area contributed by atoms with Crippen molar-refractivity contribution >= 4 is 45.4 Å². The molecule has 6 rings (SSSR count). The molecule has 58 heavy (non-hydrogen) atoms. The van der Waals surface area contributed by atoms with Crippen LogP contribution in [0.2, 0.25) is 0 Å². The van der Waals surface area contributed by atoms with Gasteiger partial charge in [-0.15, -0.1) is 0 Å². The number of esters is 1. The molecular weight excluding hydrogens is 776 g/mol. The molecule has 15 nitrogen and oxygen atoms in total. The Morgan fingerprint density at radius 1 is 0.621 bits per heavy atom. The Bertz CT molecular complexity index is 2510. The van der Waals surface area contributed by atoms with E-state index in [0.29, 0.717) is 33.6 Å². The second kappa shape index (κ2) is 18.9. The first-order valence-electron chi connectivity index (χ1n) is 16.4. The van der Waals surface area contributed by atoms with Gasteiger partial charge in [-0.25, -0.2) is 32.3 Å². The lowest BCUT2D eigenvalue weighted by molar-refractivity contribution is -0.136. The molecular formula is C39H32F4N4O11. The van der Waals surface area contributed by atoms with E-state index in [1.165, 1.54) is 25.3 Å². The van der Waals surface area contributed by atoms with Gasteiger partial charge in [0.2, 0.25) is 0 Å². The number of hydrogen-bond acceptors (Lipinski definition) is 12. The number of aliphatic carboxylic acids is 2. The van der Waals surface area contributed by atoms with Crippen molar-refractivity contribution in [2.75, 3.05) is 20.2 Å². The van der Waals surface area contributed by atoms with E-state index in [9.17, 15) is 47.0 Å². The Labute approximate surface area is 324 Å². The number of carboxylic acid groups (broad SMARTS) is 2. The second-order valence-corrected chi connectivity index (χ2v) is 11.8. The number of rotatable bonds is 9. The summed E-state index contributed by atoms with van der Waals surface area (Å²) < 4.78 is 68.6. The highest BCUT2D eigenvalue weighted by Gasteiger charge is 2.20. The maximum Gasteiger partial charge on any atom is 0.360 e. The molecule has 7 N–H and O–H groups in total. The van der Waals surface area contributed by atoms with Crippen LogP contribution in [0.3, 0.4) is 0 Å². The fraction of sp³-hybridized carbons (Fsp3) is 0.128. The van der Waals surface area contributed by atoms with Gasteiger partial charge in [0.05, 0.1) is 13.7 Å². The summed E-state index contributed by atoms with van der Waals surface area (Å²) in [5, 5.41) is 40.8. The van der Waals surface area contributed by atoms with Gasteiger partial charge in [0.15, 0.2) is 22.9 Å². The molecule has 2 heterocycles. The number of nitrogens with one attached hydrogen (secondary N) is 1. The van der Waals surface area contributed by atoms with Crippen LogP contribution in [0, 0.1) is 37.1 Å². The highest BCUT2D eigenvalue weighted by molar-refractivity contribution is 6.03. The molecule has 0 saturated heterocycles. The lowest BCUT2D eigenvalue weighted by Gasteiger charge is -2.12. The van der Waals surface area contributed by atoms with Crippen molar-refractivity contribution in [3.63, 3.8) is 0 Å². The summed E-state index contributed by atoms with van der Waals surface area (Å²) in [6.07, 6.45) is 0. The number of methoxy groups -OCH3 is 1. The number of hydrogen-bond donors (Lipinski definition) is 6. The number of aryl methyl sites for hydroxylation is 2. The normalized spacial score (nSPS) is 10.4. The number of pyridine rings is 2. The molecule has 0 radical (unpaired) electrons. The number of carboxylic acids is 2. The van der Waals surface area contributed by atoms with E-state index in [4.69, 9.17) is 19.7 Å². The second-order valence-electron chi connectivity index (χ2n) is 11.8. The third kappa shape index (κ3) is 11.0. The van der Waals surface area contributed by atoms with Crippen molar-refractivity contribution in [1.82, 2.24) is 15.3 Å². The molecule has 19 heteroatoms. The number of amides is 1. The van der Waals surface area contributed by atoms with Gasteiger partial charge in [-0.05, 0) is 50.2 Å². The summed E-state index contributed by atoms with van der Waals surface area (Å²) >= 11 is 0. The minimum Gasteiger partial charge on any atom is -0.505 e. The zero-order valence-corrected chi connectivity index (χ0v) is 30.5. The summed E-state index contributed by atoms with van der Waals surface area (Å²) in [7, 11) is 1.18. The van der Waals surface area contributed by atoms with Crippen LogP contribution in [0.4, 0.5) is 17.6 Å². The van der Waals surface area contributed by atoms with Crippen molar-refractivity contribution in [3.8, 4) is 34.5 Å². The molecule has 0 aliphatic carbocycles. The number of aromatic nitrogens is 2. The van der Waals surface area contributed by atoms with Gasteiger partial charge in [-0.2, -0.15) is 0 Å². The number of carbonyl (C=O) groups is 4. The topological polar surface area (TPSA) is 241 Å². The monoisotopic (exact) mass is 808 g/mol. The molecule has 0 aliphatic rings. The van der Waals surface area contributed by atoms with Crippen LogP contribution in [0.25, 0.3) is 21.5 Å². The van der Waals surface area contributed by atoms with Crippen LogP contribution in [0.5, 0.6) is 34.5 Å². The van der Waals surface area contributed by atoms with Gasteiger partial charge in [0.25, 0.3) is 5.91 Å². The minimum atomic E-state index is -1.25. The molecule has 0 aliphatic heterocycles. The van der Waals surface area contributed by atoms with Gasteiger partial charge in [0.1, 0.15) is 52.8 Å². The summed E-state index contributed by atoms with van der Waals surface area (Å²) in [5.74, 6) is -7.56. The summed E-state index contributed by atoms with van der Waals surface area (Å²) in [6.45, 7) is 2.38. The molecule has 0 atom stereocenters. The predicted octanol–water partition coefficient (Wildman–Crippen LogP) is 6.27. The van der Waals surface area contributed by atoms with Crippen molar-refractivity contribution in [3.05, 3.63) is 119 Å². The average molecular weight is 809 g/mol. The standard InChI is InChI=1S/C19H14F2N2O5.C18H13F2NO4.C2H5NO2/c1-9-14-3-2-12(28-13-5-10(20)4-11(21)6-13)7-15(14)18(26)17(23-9)19(27)22-8-16(24)25;1-9-14-4-3-12(25-13-6-10(19)5-11(20)7-13)8-15(14)17(22)16(21-9)18(23)24-2;3-1-2(4)5/h2-7,26H,8H2,1H3,(H,22,27)(H,24,25);3-8,22H,1-2H3;1,3H2,(H,4,5). The van der Waals surface area contributed by atoms with E-state index >= 15 is 0 Å². The summed E-state index contributed by atoms with van der Waals surface area (Å²) in [5.41, 5.74) is 4.93. The number of benzene rings is 4. The number of carbonyl (C=O) groups excluding carboxylic acids is 2. The van der Waals surface area contributed by atoms with E-state index in [1.807, 2.05) is 0 Å². The Balaban J connectivity index is 0.000000231. The molecule has 0 saturated carbocycles. The molecule has 0 unspecified atom stereocenters. The average Bonchev–Trinajstić information content (AvgIpc) is 3.16. The largest absolute Gasteiger partial charge is 0.505 e. The molecule has 4 aromatic carbocycles. The van der Waals surface area contributed by atoms with Gasteiger partial charge in [-0.3, -0.25) is 14.4 Å². The van der Waals surface area contributed by atoms with Crippen LogP contribution in [-0.2, 0) is 14.3 Å². The smallest absolute Gasteiger partial charge is 0.360 e. The van der Waals surface area contributed by atoms with Crippen LogP contribution in [0.1, 0.15) is 32.4 Å². The van der Waals surface area contributed by atoms with Gasteiger partial charge < -0.3 is 45.7 Å². The van der Waals surface area contributed by atoms with E-state index in [1.54, 1.807) is 32.0 Å². The number of halogens is 4. The molecule has 1 amide bonds. The van der Waals surface area contributed by atoms with Gasteiger partial charge >= 0.3 is 17.9 Å². The van der Waals surface area contributed by atoms with Gasteiger partial charge in [-0.1, -0.05) is 0 Å². The molecule has 2 aromatic heterocycles. The molecule has 0 fully saturated rings. The first-order chi connectivity index (χ1) is 27.4. The minimum absolute atomic E-state index is 0.0321. The van der Waals surface area contributed by atoms with Crippen molar-refractivity contribution in [2.24, 2.45) is 5.73 Å². The van der Waals surface area contributed by atoms with E-state index in [-0.39, 0.29) is 52.1 Å². The quantitative estimate of drug-likeness (QED) is 0.0697. The fourth-order valence-corrected chi connectivity index (χ4v) is 5.10. The maximum absolute atomic E-state index is 13.3. The Morgan fingerprint density at radius 3 is 1.40 bits per heavy atom. The first-order valence-corrected chi connectivity index (χ1v) is 16.4. The Morgan fingerprint density at radius 2 is 1.02 bits per heavy atom. The predicted molar refractivity (Wildman–Crippen MR) is 197 cm³/mol. The highest BCUT2D eigenvalue weighted by atomic mass is 19.1. The van der Waals surface area contributed by atoms with Crippen LogP contribution in [-0.4, -0.2) is 74.4 Å². The number of nitrogens with zero attached hydrogens (tertiary/aromatic N) is 2. The van der Waals surface area contributed by atoms with Crippen molar-refractivity contribution in [1.29, 1.82) is 0 Å². The van der Waals surface area contributed by atoms with Crippen LogP contribution < -0.4 is 20.5 Å². The number of aromatic hydroxyl groups is 2. The van der Waals surface area contributed by atoms with E-state index < -0.39 is 59.4 Å². The summed E-state index contributed by atoms with van der Waals surface area (Å²) in [4.78, 5) is 51.7. The summed E-state index contributed by atoms with van der Waals surface area (Å²) in [6, 6.07) is 14.6. The number of fused-ring (bicyclic) bond motifs is 2. The van der Waals surface area contributed by atoms with Crippen LogP contribution >= 0.6 is 0 Å². The third-order valence-corrected chi connectivity index (χ3v) is 7.59. The lowest BCUT2D eigenvalue weighted by Crippen LogP contribution is -2.30. The van der Waals surface area contributed by atoms with Crippen LogP contribution in [0.15, 0.2) is 72.8 Å². The SMILES string of the molecule is COC(=O)c1nc(C)c2ccc(Oc3cc(F)cc(F)c3)cc2c1O.Cc1nc(C(=O)NCC(=O)O)c(O)c2cc(Oc3cc(F)cc(F)c3)ccc12.NCC(=O)O. The Kier molecular flexibility index (Phi) is 14.1. The van der Waals surface area contributed by atoms with Gasteiger partial charge in [0, 0.05) is 69.3 Å². The molecule has 0 spiro atoms. The molecule has 302 valence electrons. The zero-order chi connectivity index (χ0) is 42.8. The Hall–Kier alpha value is -7.54. The fourth-order valence-electron chi connectivity index (χ4n) is 5.10. The molecule has 0 bridgehead atoms. The highest BCUT2D eigenvalue weighted by Crippen LogP contribution is 2.36. The third-order valence-electron chi connectivity index (χ3n) is 7.59. The first kappa shape index (κ1) is 43.2. The maximum atomic E-state index is 13.3. The molecule has 6 aromatic rings. The lowest BCUT2D eigenvalue weighted by atomic mass is 10.1. The van der Waals surface area contributed by atoms with Crippen molar-refractivity contribution in [2.45, 2.75) is 13.8 Å². The zero-order valence-electron chi connectivity index (χ0n) is 30.5. The number of nitrogens with two attached hydrogens (primary N) is 1. The van der Waals surface area contributed by atoms with Crippen molar-refractivity contribution < 1.29 is 71.4 Å². The number of ether oxygens (including phenoxy) is 3. The van der Waals surface area contributed by atoms with E-state index in [2.05, 4.69) is 25.8 Å². The van der Waals surface area contributed by atoms with E-state index in [0.717, 1.165) is 30.3 Å².